The molecule has 2 nitrogen and oxygen atoms in total. The zero-order valence-electron chi connectivity index (χ0n) is 8.39. The standard InChI is InChI=1S/C12H13NOS/c1-2-9-6-12(14)13(8-9)10-4-3-5-11(15)7-10/h2-5,7,9,15H,1,6,8H2. The smallest absolute Gasteiger partial charge is 0.227 e. The van der Waals surface area contributed by atoms with Gasteiger partial charge < -0.3 is 4.90 Å². The van der Waals surface area contributed by atoms with Crippen LogP contribution in [0.15, 0.2) is 41.8 Å². The molecule has 1 heterocycles. The van der Waals surface area contributed by atoms with E-state index in [1.807, 2.05) is 30.3 Å². The van der Waals surface area contributed by atoms with Gasteiger partial charge in [0.25, 0.3) is 0 Å². The topological polar surface area (TPSA) is 20.3 Å². The molecule has 1 aliphatic heterocycles. The lowest BCUT2D eigenvalue weighted by Crippen LogP contribution is -2.24. The third kappa shape index (κ3) is 2.07. The van der Waals surface area contributed by atoms with E-state index in [0.717, 1.165) is 17.1 Å². The van der Waals surface area contributed by atoms with E-state index in [-0.39, 0.29) is 11.8 Å². The quantitative estimate of drug-likeness (QED) is 0.598. The third-order valence-electron chi connectivity index (χ3n) is 2.63. The van der Waals surface area contributed by atoms with Crippen molar-refractivity contribution in [1.29, 1.82) is 0 Å². The molecular formula is C12H13NOS. The van der Waals surface area contributed by atoms with Crippen molar-refractivity contribution in [3.63, 3.8) is 0 Å². The lowest BCUT2D eigenvalue weighted by Gasteiger charge is -2.16. The van der Waals surface area contributed by atoms with Crippen LogP contribution in [0.4, 0.5) is 5.69 Å². The van der Waals surface area contributed by atoms with Gasteiger partial charge in [0.15, 0.2) is 0 Å². The van der Waals surface area contributed by atoms with Crippen LogP contribution in [0.5, 0.6) is 0 Å². The molecule has 2 rings (SSSR count). The number of hydrogen-bond donors (Lipinski definition) is 1. The SMILES string of the molecule is C=CC1CC(=O)N(c2cccc(S)c2)C1. The van der Waals surface area contributed by atoms with Crippen LogP contribution in [0.1, 0.15) is 6.42 Å². The fourth-order valence-corrected chi connectivity index (χ4v) is 2.02. The van der Waals surface area contributed by atoms with E-state index in [9.17, 15) is 4.79 Å². The number of anilines is 1. The van der Waals surface area contributed by atoms with Crippen LogP contribution >= 0.6 is 12.6 Å². The summed E-state index contributed by atoms with van der Waals surface area (Å²) in [6.45, 7) is 4.46. The van der Waals surface area contributed by atoms with Crippen molar-refractivity contribution in [2.24, 2.45) is 5.92 Å². The molecule has 78 valence electrons. The van der Waals surface area contributed by atoms with Crippen LogP contribution in [-0.4, -0.2) is 12.5 Å². The largest absolute Gasteiger partial charge is 0.312 e. The molecule has 0 radical (unpaired) electrons. The van der Waals surface area contributed by atoms with Crippen molar-refractivity contribution < 1.29 is 4.79 Å². The van der Waals surface area contributed by atoms with Gasteiger partial charge in [0.2, 0.25) is 5.91 Å². The Hall–Kier alpha value is -1.22. The molecule has 1 fully saturated rings. The average molecular weight is 219 g/mol. The molecule has 0 bridgehead atoms. The summed E-state index contributed by atoms with van der Waals surface area (Å²) in [5, 5.41) is 0. The Morgan fingerprint density at radius 3 is 2.93 bits per heavy atom. The van der Waals surface area contributed by atoms with Gasteiger partial charge in [-0.3, -0.25) is 4.79 Å². The summed E-state index contributed by atoms with van der Waals surface area (Å²) in [5.74, 6) is 0.444. The van der Waals surface area contributed by atoms with Crippen molar-refractivity contribution in [2.45, 2.75) is 11.3 Å². The number of carbonyl (C=O) groups excluding carboxylic acids is 1. The summed E-state index contributed by atoms with van der Waals surface area (Å²) in [6.07, 6.45) is 2.42. The number of benzene rings is 1. The molecule has 0 aliphatic carbocycles. The average Bonchev–Trinajstić information content (AvgIpc) is 2.60. The molecule has 0 aromatic heterocycles. The third-order valence-corrected chi connectivity index (χ3v) is 2.91. The lowest BCUT2D eigenvalue weighted by molar-refractivity contribution is -0.117. The highest BCUT2D eigenvalue weighted by atomic mass is 32.1. The molecule has 1 unspecified atom stereocenters. The Morgan fingerprint density at radius 2 is 2.33 bits per heavy atom. The van der Waals surface area contributed by atoms with E-state index in [4.69, 9.17) is 0 Å². The van der Waals surface area contributed by atoms with Crippen LogP contribution in [0.2, 0.25) is 0 Å². The Labute approximate surface area is 95.0 Å². The maximum absolute atomic E-state index is 11.7. The van der Waals surface area contributed by atoms with Crippen molar-refractivity contribution >= 4 is 24.2 Å². The zero-order valence-corrected chi connectivity index (χ0v) is 9.28. The number of carbonyl (C=O) groups is 1. The van der Waals surface area contributed by atoms with Gasteiger partial charge in [0.1, 0.15) is 0 Å². The predicted molar refractivity (Wildman–Crippen MR) is 64.4 cm³/mol. The number of rotatable bonds is 2. The van der Waals surface area contributed by atoms with E-state index in [1.54, 1.807) is 4.90 Å². The first-order chi connectivity index (χ1) is 7.20. The Morgan fingerprint density at radius 1 is 1.53 bits per heavy atom. The molecule has 1 saturated heterocycles. The maximum atomic E-state index is 11.7. The summed E-state index contributed by atoms with van der Waals surface area (Å²) >= 11 is 4.26. The van der Waals surface area contributed by atoms with Crippen molar-refractivity contribution in [1.82, 2.24) is 0 Å². The van der Waals surface area contributed by atoms with Gasteiger partial charge in [0.05, 0.1) is 0 Å². The number of hydrogen-bond acceptors (Lipinski definition) is 2. The first-order valence-electron chi connectivity index (χ1n) is 4.92. The van der Waals surface area contributed by atoms with Crippen molar-refractivity contribution in [2.75, 3.05) is 11.4 Å². The maximum Gasteiger partial charge on any atom is 0.227 e. The van der Waals surface area contributed by atoms with Gasteiger partial charge in [-0.05, 0) is 18.2 Å². The first-order valence-corrected chi connectivity index (χ1v) is 5.37. The molecule has 1 aliphatic rings. The summed E-state index contributed by atoms with van der Waals surface area (Å²) < 4.78 is 0. The second-order valence-electron chi connectivity index (χ2n) is 3.72. The molecule has 0 saturated carbocycles. The van der Waals surface area contributed by atoms with Crippen LogP contribution in [-0.2, 0) is 4.79 Å². The molecule has 15 heavy (non-hydrogen) atoms. The first kappa shape index (κ1) is 10.3. The van der Waals surface area contributed by atoms with E-state index in [1.165, 1.54) is 0 Å². The number of amides is 1. The van der Waals surface area contributed by atoms with Gasteiger partial charge in [0, 0.05) is 29.5 Å². The van der Waals surface area contributed by atoms with Gasteiger partial charge in [-0.1, -0.05) is 12.1 Å². The summed E-state index contributed by atoms with van der Waals surface area (Å²) in [5.41, 5.74) is 0.928. The normalized spacial score (nSPS) is 20.7. The second kappa shape index (κ2) is 4.11. The highest BCUT2D eigenvalue weighted by Crippen LogP contribution is 2.26. The number of thiol groups is 1. The highest BCUT2D eigenvalue weighted by molar-refractivity contribution is 7.80. The van der Waals surface area contributed by atoms with Gasteiger partial charge in [-0.2, -0.15) is 0 Å². The van der Waals surface area contributed by atoms with Crippen molar-refractivity contribution in [3.05, 3.63) is 36.9 Å². The van der Waals surface area contributed by atoms with E-state index >= 15 is 0 Å². The van der Waals surface area contributed by atoms with E-state index in [0.29, 0.717) is 6.42 Å². The monoisotopic (exact) mass is 219 g/mol. The molecule has 1 atom stereocenters. The number of nitrogens with zero attached hydrogens (tertiary/aromatic N) is 1. The molecular weight excluding hydrogens is 206 g/mol. The summed E-state index contributed by atoms with van der Waals surface area (Å²) in [4.78, 5) is 14.4. The van der Waals surface area contributed by atoms with Gasteiger partial charge in [-0.25, -0.2) is 0 Å². The molecule has 1 amide bonds. The molecule has 3 heteroatoms. The Bertz CT molecular complexity index is 402. The summed E-state index contributed by atoms with van der Waals surface area (Å²) in [6, 6.07) is 7.65. The Balaban J connectivity index is 2.25. The Kier molecular flexibility index (Phi) is 2.82. The van der Waals surface area contributed by atoms with Crippen molar-refractivity contribution in [3.8, 4) is 0 Å². The minimum absolute atomic E-state index is 0.166. The predicted octanol–water partition coefficient (Wildman–Crippen LogP) is 2.51. The van der Waals surface area contributed by atoms with Crippen LogP contribution in [0, 0.1) is 5.92 Å². The van der Waals surface area contributed by atoms with Gasteiger partial charge in [-0.15, -0.1) is 19.2 Å². The molecule has 1 aromatic carbocycles. The summed E-state index contributed by atoms with van der Waals surface area (Å²) in [7, 11) is 0. The van der Waals surface area contributed by atoms with Crippen LogP contribution in [0.3, 0.4) is 0 Å². The fourth-order valence-electron chi connectivity index (χ4n) is 1.80. The lowest BCUT2D eigenvalue weighted by atomic mass is 10.1. The van der Waals surface area contributed by atoms with Crippen LogP contribution < -0.4 is 4.90 Å². The minimum atomic E-state index is 0.166. The van der Waals surface area contributed by atoms with Crippen LogP contribution in [0.25, 0.3) is 0 Å². The highest BCUT2D eigenvalue weighted by Gasteiger charge is 2.28. The minimum Gasteiger partial charge on any atom is -0.312 e. The van der Waals surface area contributed by atoms with E-state index < -0.39 is 0 Å². The zero-order chi connectivity index (χ0) is 10.8. The fraction of sp³-hybridized carbons (Fsp3) is 0.250. The van der Waals surface area contributed by atoms with Gasteiger partial charge >= 0.3 is 0 Å². The van der Waals surface area contributed by atoms with E-state index in [2.05, 4.69) is 19.2 Å². The molecule has 1 aromatic rings. The molecule has 0 spiro atoms. The second-order valence-corrected chi connectivity index (χ2v) is 4.24. The molecule has 0 N–H and O–H groups in total.